The smallest absolute Gasteiger partial charge is 0.254 e. The van der Waals surface area contributed by atoms with E-state index >= 15 is 0 Å². The molecule has 2 aliphatic rings. The molecule has 7 heteroatoms. The van der Waals surface area contributed by atoms with Gasteiger partial charge in [0, 0.05) is 23.5 Å². The molecular formula is C29H31FN2O3S. The summed E-state index contributed by atoms with van der Waals surface area (Å²) in [6.45, 7) is 5.58. The van der Waals surface area contributed by atoms with Gasteiger partial charge >= 0.3 is 0 Å². The fourth-order valence-corrected chi connectivity index (χ4v) is 5.79. The summed E-state index contributed by atoms with van der Waals surface area (Å²) in [6, 6.07) is 13.5. The van der Waals surface area contributed by atoms with E-state index in [-0.39, 0.29) is 30.2 Å². The van der Waals surface area contributed by atoms with Gasteiger partial charge in [-0.3, -0.25) is 9.59 Å². The minimum atomic E-state index is -0.386. The number of carbonyl (C=O) groups is 2. The van der Waals surface area contributed by atoms with Gasteiger partial charge in [0.05, 0.1) is 6.04 Å². The van der Waals surface area contributed by atoms with E-state index in [0.717, 1.165) is 36.1 Å². The number of amides is 2. The molecule has 0 bridgehead atoms. The van der Waals surface area contributed by atoms with Crippen molar-refractivity contribution in [1.29, 1.82) is 0 Å². The predicted octanol–water partition coefficient (Wildman–Crippen LogP) is 5.56. The molecule has 2 amide bonds. The van der Waals surface area contributed by atoms with Crippen LogP contribution in [0, 0.1) is 25.6 Å². The first-order valence-corrected chi connectivity index (χ1v) is 13.4. The molecule has 188 valence electrons. The summed E-state index contributed by atoms with van der Waals surface area (Å²) in [5.41, 5.74) is 3.77. The number of hydrogen-bond acceptors (Lipinski definition) is 4. The number of nitrogens with zero attached hydrogens (tertiary/aromatic N) is 2. The summed E-state index contributed by atoms with van der Waals surface area (Å²) < 4.78 is 19.6. The van der Waals surface area contributed by atoms with Crippen molar-refractivity contribution in [2.75, 3.05) is 26.2 Å². The van der Waals surface area contributed by atoms with Crippen molar-refractivity contribution in [3.63, 3.8) is 0 Å². The second-order valence-electron chi connectivity index (χ2n) is 9.87. The first-order valence-electron chi connectivity index (χ1n) is 12.5. The largest absolute Gasteiger partial charge is 0.491 e. The lowest BCUT2D eigenvalue weighted by Crippen LogP contribution is -2.48. The van der Waals surface area contributed by atoms with Crippen molar-refractivity contribution in [3.8, 4) is 5.75 Å². The van der Waals surface area contributed by atoms with Crippen LogP contribution in [-0.2, 0) is 11.2 Å². The van der Waals surface area contributed by atoms with Gasteiger partial charge in [0.25, 0.3) is 5.91 Å². The van der Waals surface area contributed by atoms with E-state index < -0.39 is 0 Å². The Morgan fingerprint density at radius 3 is 2.61 bits per heavy atom. The van der Waals surface area contributed by atoms with Crippen molar-refractivity contribution < 1.29 is 18.7 Å². The summed E-state index contributed by atoms with van der Waals surface area (Å²) in [7, 11) is 0. The highest BCUT2D eigenvalue weighted by Crippen LogP contribution is 2.35. The Balaban J connectivity index is 1.34. The maximum atomic E-state index is 13.7. The molecule has 5 rings (SSSR count). The highest BCUT2D eigenvalue weighted by atomic mass is 32.1. The SMILES string of the molecule is Cc1ccc(OC[C@H]2c3ccsc3CCN2C(=O)CN(CC2CC2)C(=O)c2ccc(F)cc2)c(C)c1. The molecule has 3 aromatic rings. The minimum Gasteiger partial charge on any atom is -0.491 e. The van der Waals surface area contributed by atoms with E-state index in [0.29, 0.717) is 31.2 Å². The van der Waals surface area contributed by atoms with Crippen LogP contribution in [0.15, 0.2) is 53.9 Å². The van der Waals surface area contributed by atoms with Crippen LogP contribution in [0.5, 0.6) is 5.75 Å². The number of halogens is 1. The molecule has 36 heavy (non-hydrogen) atoms. The number of carbonyl (C=O) groups excluding carboxylic acids is 2. The van der Waals surface area contributed by atoms with Crippen molar-refractivity contribution in [1.82, 2.24) is 9.80 Å². The van der Waals surface area contributed by atoms with Crippen LogP contribution in [0.4, 0.5) is 4.39 Å². The Morgan fingerprint density at radius 1 is 1.11 bits per heavy atom. The summed E-state index contributed by atoms with van der Waals surface area (Å²) in [5.74, 6) is 0.541. The highest BCUT2D eigenvalue weighted by molar-refractivity contribution is 7.10. The summed E-state index contributed by atoms with van der Waals surface area (Å²) in [5, 5.41) is 2.07. The molecule has 2 heterocycles. The van der Waals surface area contributed by atoms with Gasteiger partial charge in [-0.15, -0.1) is 11.3 Å². The third-order valence-electron chi connectivity index (χ3n) is 7.02. The van der Waals surface area contributed by atoms with Gasteiger partial charge in [-0.2, -0.15) is 0 Å². The molecule has 0 radical (unpaired) electrons. The van der Waals surface area contributed by atoms with Gasteiger partial charge in [0.15, 0.2) is 0 Å². The highest BCUT2D eigenvalue weighted by Gasteiger charge is 2.35. The molecule has 0 spiro atoms. The minimum absolute atomic E-state index is 0.00619. The molecule has 0 N–H and O–H groups in total. The maximum absolute atomic E-state index is 13.7. The lowest BCUT2D eigenvalue weighted by Gasteiger charge is -2.37. The molecule has 1 aliphatic carbocycles. The summed E-state index contributed by atoms with van der Waals surface area (Å²) in [6.07, 6.45) is 2.93. The zero-order valence-corrected chi connectivity index (χ0v) is 21.5. The molecule has 1 aromatic heterocycles. The maximum Gasteiger partial charge on any atom is 0.254 e. The Labute approximate surface area is 215 Å². The molecule has 5 nitrogen and oxygen atoms in total. The Bertz CT molecular complexity index is 1250. The quantitative estimate of drug-likeness (QED) is 0.402. The predicted molar refractivity (Wildman–Crippen MR) is 139 cm³/mol. The van der Waals surface area contributed by atoms with Crippen LogP contribution < -0.4 is 4.74 Å². The molecule has 0 saturated heterocycles. The Morgan fingerprint density at radius 2 is 1.89 bits per heavy atom. The summed E-state index contributed by atoms with van der Waals surface area (Å²) >= 11 is 1.71. The number of thiophene rings is 1. The van der Waals surface area contributed by atoms with Crippen LogP contribution in [-0.4, -0.2) is 47.9 Å². The first kappa shape index (κ1) is 24.5. The third-order valence-corrected chi connectivity index (χ3v) is 8.02. The average Bonchev–Trinajstić information content (AvgIpc) is 3.55. The first-order chi connectivity index (χ1) is 17.4. The second kappa shape index (κ2) is 10.4. The van der Waals surface area contributed by atoms with Gasteiger partial charge in [0.1, 0.15) is 24.7 Å². The molecule has 2 aromatic carbocycles. The van der Waals surface area contributed by atoms with Crippen LogP contribution in [0.1, 0.15) is 50.8 Å². The lowest BCUT2D eigenvalue weighted by molar-refractivity contribution is -0.135. The number of fused-ring (bicyclic) bond motifs is 1. The average molecular weight is 507 g/mol. The van der Waals surface area contributed by atoms with E-state index in [2.05, 4.69) is 24.4 Å². The Kier molecular flexibility index (Phi) is 7.10. The van der Waals surface area contributed by atoms with Crippen molar-refractivity contribution in [2.24, 2.45) is 5.92 Å². The van der Waals surface area contributed by atoms with E-state index in [4.69, 9.17) is 4.74 Å². The van der Waals surface area contributed by atoms with Gasteiger partial charge in [-0.05, 0) is 91.9 Å². The van der Waals surface area contributed by atoms with Crippen LogP contribution in [0.2, 0.25) is 0 Å². The number of ether oxygens (including phenoxy) is 1. The number of hydrogen-bond donors (Lipinski definition) is 0. The van der Waals surface area contributed by atoms with Crippen molar-refractivity contribution >= 4 is 23.2 Å². The lowest BCUT2D eigenvalue weighted by atomic mass is 10.00. The van der Waals surface area contributed by atoms with Gasteiger partial charge in [0.2, 0.25) is 5.91 Å². The van der Waals surface area contributed by atoms with E-state index in [1.165, 1.54) is 34.7 Å². The fraction of sp³-hybridized carbons (Fsp3) is 0.379. The van der Waals surface area contributed by atoms with Crippen LogP contribution >= 0.6 is 11.3 Å². The Hall–Kier alpha value is -3.19. The topological polar surface area (TPSA) is 49.9 Å². The molecule has 1 fully saturated rings. The molecule has 1 saturated carbocycles. The standard InChI is InChI=1S/C29H31FN2O3S/c1-19-3-10-26(20(2)15-19)35-18-25-24-12-14-36-27(24)11-13-32(25)28(33)17-31(16-21-4-5-21)29(34)22-6-8-23(30)9-7-22/h3,6-10,12,14-15,21,25H,4-5,11,13,16-18H2,1-2H3/t25-/m0/s1. The number of benzene rings is 2. The zero-order chi connectivity index (χ0) is 25.2. The number of aryl methyl sites for hydroxylation is 2. The molecule has 0 unspecified atom stereocenters. The monoisotopic (exact) mass is 506 g/mol. The molecule has 1 atom stereocenters. The van der Waals surface area contributed by atoms with E-state index in [1.54, 1.807) is 16.2 Å². The van der Waals surface area contributed by atoms with E-state index in [1.807, 2.05) is 24.0 Å². The van der Waals surface area contributed by atoms with E-state index in [9.17, 15) is 14.0 Å². The summed E-state index contributed by atoms with van der Waals surface area (Å²) in [4.78, 5) is 31.7. The normalized spacial score (nSPS) is 17.0. The van der Waals surface area contributed by atoms with Crippen LogP contribution in [0.25, 0.3) is 0 Å². The zero-order valence-electron chi connectivity index (χ0n) is 20.7. The molecule has 1 aliphatic heterocycles. The van der Waals surface area contributed by atoms with Crippen molar-refractivity contribution in [3.05, 3.63) is 86.9 Å². The third kappa shape index (κ3) is 5.46. The van der Waals surface area contributed by atoms with Crippen molar-refractivity contribution in [2.45, 2.75) is 39.2 Å². The van der Waals surface area contributed by atoms with Gasteiger partial charge in [-0.25, -0.2) is 4.39 Å². The van der Waals surface area contributed by atoms with Gasteiger partial charge < -0.3 is 14.5 Å². The van der Waals surface area contributed by atoms with Crippen LogP contribution in [0.3, 0.4) is 0 Å². The second-order valence-corrected chi connectivity index (χ2v) is 10.9. The van der Waals surface area contributed by atoms with Gasteiger partial charge in [-0.1, -0.05) is 17.7 Å². The number of rotatable bonds is 8. The fourth-order valence-electron chi connectivity index (χ4n) is 4.87. The molecular weight excluding hydrogens is 475 g/mol.